The highest BCUT2D eigenvalue weighted by Gasteiger charge is 2.21. The number of likely N-dealkylation sites (tertiary alicyclic amines) is 1. The number of pyridine rings is 1. The van der Waals surface area contributed by atoms with Gasteiger partial charge in [0, 0.05) is 19.3 Å². The highest BCUT2D eigenvalue weighted by molar-refractivity contribution is 5.96. The molecular formula is C14H21N3O3. The Morgan fingerprint density at radius 3 is 2.85 bits per heavy atom. The second-order valence-electron chi connectivity index (χ2n) is 4.92. The van der Waals surface area contributed by atoms with Crippen LogP contribution in [-0.4, -0.2) is 48.7 Å². The predicted octanol–water partition coefficient (Wildman–Crippen LogP) is 1.31. The van der Waals surface area contributed by atoms with Gasteiger partial charge < -0.3 is 20.1 Å². The summed E-state index contributed by atoms with van der Waals surface area (Å²) in [5.74, 6) is -0.120. The molecule has 20 heavy (non-hydrogen) atoms. The molecule has 1 aromatic heterocycles. The number of piperidine rings is 1. The van der Waals surface area contributed by atoms with Crippen LogP contribution in [0.5, 0.6) is 5.88 Å². The fourth-order valence-electron chi connectivity index (χ4n) is 2.20. The summed E-state index contributed by atoms with van der Waals surface area (Å²) in [5, 5.41) is 0. The largest absolute Gasteiger partial charge is 0.473 e. The van der Waals surface area contributed by atoms with Gasteiger partial charge >= 0.3 is 5.97 Å². The van der Waals surface area contributed by atoms with Crippen LogP contribution >= 0.6 is 0 Å². The molecular weight excluding hydrogens is 258 g/mol. The van der Waals surface area contributed by atoms with Crippen LogP contribution in [0.2, 0.25) is 0 Å². The third-order valence-electron chi connectivity index (χ3n) is 3.39. The van der Waals surface area contributed by atoms with Crippen LogP contribution in [0.3, 0.4) is 0 Å². The molecule has 0 unspecified atom stereocenters. The van der Waals surface area contributed by atoms with Gasteiger partial charge in [-0.2, -0.15) is 0 Å². The topological polar surface area (TPSA) is 77.7 Å². The van der Waals surface area contributed by atoms with Gasteiger partial charge in [0.25, 0.3) is 0 Å². The van der Waals surface area contributed by atoms with Crippen LogP contribution in [0.25, 0.3) is 0 Å². The SMILES string of the molecule is CCOC(=O)c1ccnc(OC2CCN(C)CC2)c1N. The van der Waals surface area contributed by atoms with Gasteiger partial charge in [0.05, 0.1) is 12.2 Å². The maximum absolute atomic E-state index is 11.8. The Bertz CT molecular complexity index is 471. The highest BCUT2D eigenvalue weighted by atomic mass is 16.5. The third kappa shape index (κ3) is 3.39. The first-order valence-corrected chi connectivity index (χ1v) is 6.88. The molecule has 1 saturated heterocycles. The summed E-state index contributed by atoms with van der Waals surface area (Å²) < 4.78 is 10.8. The number of nitrogens with two attached hydrogens (primary N) is 1. The molecule has 0 spiro atoms. The number of hydrogen-bond acceptors (Lipinski definition) is 6. The molecule has 2 rings (SSSR count). The lowest BCUT2D eigenvalue weighted by Crippen LogP contribution is -2.36. The Morgan fingerprint density at radius 1 is 1.50 bits per heavy atom. The van der Waals surface area contributed by atoms with Crippen molar-refractivity contribution in [1.29, 1.82) is 0 Å². The van der Waals surface area contributed by atoms with E-state index in [4.69, 9.17) is 15.2 Å². The quantitative estimate of drug-likeness (QED) is 0.837. The summed E-state index contributed by atoms with van der Waals surface area (Å²) >= 11 is 0. The number of carbonyl (C=O) groups is 1. The van der Waals surface area contributed by atoms with Crippen molar-refractivity contribution in [2.45, 2.75) is 25.9 Å². The van der Waals surface area contributed by atoms with Crippen molar-refractivity contribution in [2.75, 3.05) is 32.5 Å². The Hall–Kier alpha value is -1.82. The number of hydrogen-bond donors (Lipinski definition) is 1. The Labute approximate surface area is 118 Å². The lowest BCUT2D eigenvalue weighted by Gasteiger charge is -2.29. The number of esters is 1. The molecule has 0 radical (unpaired) electrons. The molecule has 0 atom stereocenters. The van der Waals surface area contributed by atoms with Gasteiger partial charge in [-0.15, -0.1) is 0 Å². The Balaban J connectivity index is 2.08. The summed E-state index contributed by atoms with van der Waals surface area (Å²) in [6.45, 7) is 4.04. The van der Waals surface area contributed by atoms with Crippen molar-refractivity contribution in [3.05, 3.63) is 17.8 Å². The molecule has 2 N–H and O–H groups in total. The van der Waals surface area contributed by atoms with E-state index in [2.05, 4.69) is 16.9 Å². The van der Waals surface area contributed by atoms with E-state index in [1.54, 1.807) is 13.0 Å². The molecule has 0 aromatic carbocycles. The maximum Gasteiger partial charge on any atom is 0.340 e. The van der Waals surface area contributed by atoms with E-state index in [-0.39, 0.29) is 11.8 Å². The van der Waals surface area contributed by atoms with E-state index in [0.717, 1.165) is 25.9 Å². The number of rotatable bonds is 4. The molecule has 1 aliphatic rings. The average molecular weight is 279 g/mol. The van der Waals surface area contributed by atoms with Crippen molar-refractivity contribution in [2.24, 2.45) is 0 Å². The van der Waals surface area contributed by atoms with Gasteiger partial charge in [-0.25, -0.2) is 9.78 Å². The predicted molar refractivity (Wildman–Crippen MR) is 75.8 cm³/mol. The zero-order valence-electron chi connectivity index (χ0n) is 12.0. The molecule has 1 aliphatic heterocycles. The minimum absolute atomic E-state index is 0.0958. The molecule has 0 saturated carbocycles. The minimum Gasteiger partial charge on any atom is -0.473 e. The van der Waals surface area contributed by atoms with Crippen molar-refractivity contribution in [3.8, 4) is 5.88 Å². The van der Waals surface area contributed by atoms with Crippen LogP contribution in [0, 0.1) is 0 Å². The van der Waals surface area contributed by atoms with Gasteiger partial charge in [0.1, 0.15) is 11.8 Å². The normalized spacial score (nSPS) is 16.9. The second-order valence-corrected chi connectivity index (χ2v) is 4.92. The summed E-state index contributed by atoms with van der Waals surface area (Å²) in [5.41, 5.74) is 6.52. The number of nitrogen functional groups attached to an aromatic ring is 1. The number of nitrogens with zero attached hydrogens (tertiary/aromatic N) is 2. The van der Waals surface area contributed by atoms with E-state index in [1.807, 2.05) is 0 Å². The summed E-state index contributed by atoms with van der Waals surface area (Å²) in [6, 6.07) is 1.55. The zero-order chi connectivity index (χ0) is 14.5. The van der Waals surface area contributed by atoms with E-state index < -0.39 is 5.97 Å². The summed E-state index contributed by atoms with van der Waals surface area (Å²) in [4.78, 5) is 18.1. The van der Waals surface area contributed by atoms with Crippen molar-refractivity contribution in [1.82, 2.24) is 9.88 Å². The smallest absolute Gasteiger partial charge is 0.340 e. The maximum atomic E-state index is 11.8. The van der Waals surface area contributed by atoms with Crippen LogP contribution in [0.4, 0.5) is 5.69 Å². The van der Waals surface area contributed by atoms with Gasteiger partial charge in [-0.3, -0.25) is 0 Å². The van der Waals surface area contributed by atoms with Crippen molar-refractivity contribution in [3.63, 3.8) is 0 Å². The van der Waals surface area contributed by atoms with Gasteiger partial charge in [0.15, 0.2) is 0 Å². The lowest BCUT2D eigenvalue weighted by atomic mass is 10.1. The van der Waals surface area contributed by atoms with Crippen molar-refractivity contribution >= 4 is 11.7 Å². The van der Waals surface area contributed by atoms with E-state index in [9.17, 15) is 4.79 Å². The monoisotopic (exact) mass is 279 g/mol. The van der Waals surface area contributed by atoms with E-state index >= 15 is 0 Å². The molecule has 110 valence electrons. The average Bonchev–Trinajstić information content (AvgIpc) is 2.44. The molecule has 2 heterocycles. The lowest BCUT2D eigenvalue weighted by molar-refractivity contribution is 0.0526. The molecule has 1 fully saturated rings. The fourth-order valence-corrected chi connectivity index (χ4v) is 2.20. The molecule has 6 heteroatoms. The van der Waals surface area contributed by atoms with Crippen molar-refractivity contribution < 1.29 is 14.3 Å². The third-order valence-corrected chi connectivity index (χ3v) is 3.39. The van der Waals surface area contributed by atoms with Crippen LogP contribution in [-0.2, 0) is 4.74 Å². The molecule has 1 aromatic rings. The molecule has 0 aliphatic carbocycles. The zero-order valence-corrected chi connectivity index (χ0v) is 12.0. The number of ether oxygens (including phenoxy) is 2. The Kier molecular flexibility index (Phi) is 4.79. The van der Waals surface area contributed by atoms with Gasteiger partial charge in [-0.05, 0) is 32.9 Å². The summed E-state index contributed by atoms with van der Waals surface area (Å²) in [6.07, 6.45) is 3.48. The number of carbonyl (C=O) groups excluding carboxylic acids is 1. The molecule has 6 nitrogen and oxygen atoms in total. The first-order valence-electron chi connectivity index (χ1n) is 6.88. The first kappa shape index (κ1) is 14.6. The van der Waals surface area contributed by atoms with E-state index in [1.165, 1.54) is 6.20 Å². The fraction of sp³-hybridized carbons (Fsp3) is 0.571. The highest BCUT2D eigenvalue weighted by Crippen LogP contribution is 2.26. The standard InChI is InChI=1S/C14H21N3O3/c1-3-19-14(18)11-4-7-16-13(12(11)15)20-10-5-8-17(2)9-6-10/h4,7,10H,3,5-6,8-9,15H2,1-2H3. The Morgan fingerprint density at radius 2 is 2.20 bits per heavy atom. The second kappa shape index (κ2) is 6.56. The minimum atomic E-state index is -0.444. The van der Waals surface area contributed by atoms with Crippen LogP contribution in [0.15, 0.2) is 12.3 Å². The molecule has 0 amide bonds. The summed E-state index contributed by atoms with van der Waals surface area (Å²) in [7, 11) is 2.09. The van der Waals surface area contributed by atoms with Gasteiger partial charge in [-0.1, -0.05) is 0 Å². The van der Waals surface area contributed by atoms with Crippen LogP contribution < -0.4 is 10.5 Å². The first-order chi connectivity index (χ1) is 9.61. The number of aromatic nitrogens is 1. The van der Waals surface area contributed by atoms with Gasteiger partial charge in [0.2, 0.25) is 5.88 Å². The molecule has 0 bridgehead atoms. The number of anilines is 1. The van der Waals surface area contributed by atoms with E-state index in [0.29, 0.717) is 18.1 Å². The van der Waals surface area contributed by atoms with Crippen LogP contribution in [0.1, 0.15) is 30.1 Å².